The number of fused-ring (bicyclic) bond motifs is 1. The average Bonchev–Trinajstić information content (AvgIpc) is 2.64. The first-order chi connectivity index (χ1) is 12.8. The third kappa shape index (κ3) is 5.36. The lowest BCUT2D eigenvalue weighted by atomic mass is 10.0. The number of amides is 1. The standard InChI is InChI=1S/C22H30N2O3/c1-22(2,3)27-21(25)24-13-11-23(12-14-24)10-9-17-5-6-19-16-20(26-4)8-7-18(19)15-17/h5-8,15-16H,9-14H2,1-4H3. The SMILES string of the molecule is COc1ccc2cc(CCN3CCN(C(=O)OC(C)(C)C)CC3)ccc2c1. The Morgan fingerprint density at radius 2 is 1.67 bits per heavy atom. The fraction of sp³-hybridized carbons (Fsp3) is 0.500. The van der Waals surface area contributed by atoms with E-state index in [1.54, 1.807) is 7.11 Å². The molecule has 1 aliphatic heterocycles. The predicted octanol–water partition coefficient (Wildman–Crippen LogP) is 3.94. The highest BCUT2D eigenvalue weighted by atomic mass is 16.6. The van der Waals surface area contributed by atoms with Crippen LogP contribution in [0.25, 0.3) is 10.8 Å². The average molecular weight is 370 g/mol. The van der Waals surface area contributed by atoms with Crippen LogP contribution in [0.1, 0.15) is 26.3 Å². The molecule has 5 heteroatoms. The predicted molar refractivity (Wildman–Crippen MR) is 108 cm³/mol. The van der Waals surface area contributed by atoms with E-state index in [0.29, 0.717) is 0 Å². The van der Waals surface area contributed by atoms with Crippen molar-refractivity contribution in [2.45, 2.75) is 32.8 Å². The maximum absolute atomic E-state index is 12.1. The van der Waals surface area contributed by atoms with E-state index in [4.69, 9.17) is 9.47 Å². The van der Waals surface area contributed by atoms with Crippen LogP contribution in [0.15, 0.2) is 36.4 Å². The van der Waals surface area contributed by atoms with Gasteiger partial charge in [0.25, 0.3) is 0 Å². The van der Waals surface area contributed by atoms with Crippen molar-refractivity contribution in [2.75, 3.05) is 39.8 Å². The van der Waals surface area contributed by atoms with Gasteiger partial charge in [0.1, 0.15) is 11.4 Å². The number of hydrogen-bond donors (Lipinski definition) is 0. The van der Waals surface area contributed by atoms with E-state index in [2.05, 4.69) is 35.2 Å². The summed E-state index contributed by atoms with van der Waals surface area (Å²) < 4.78 is 10.7. The van der Waals surface area contributed by atoms with E-state index in [-0.39, 0.29) is 6.09 Å². The van der Waals surface area contributed by atoms with Crippen LogP contribution in [-0.2, 0) is 11.2 Å². The molecule has 1 saturated heterocycles. The molecule has 0 N–H and O–H groups in total. The molecule has 0 atom stereocenters. The van der Waals surface area contributed by atoms with Gasteiger partial charge in [-0.15, -0.1) is 0 Å². The zero-order chi connectivity index (χ0) is 19.4. The molecule has 0 aliphatic carbocycles. The molecule has 0 saturated carbocycles. The molecular formula is C22H30N2O3. The lowest BCUT2D eigenvalue weighted by Gasteiger charge is -2.35. The van der Waals surface area contributed by atoms with Crippen LogP contribution in [0.2, 0.25) is 0 Å². The second kappa shape index (κ2) is 8.17. The number of hydrogen-bond acceptors (Lipinski definition) is 4. The fourth-order valence-electron chi connectivity index (χ4n) is 3.32. The summed E-state index contributed by atoms with van der Waals surface area (Å²) in [6, 6.07) is 12.8. The molecule has 1 aliphatic rings. The Hall–Kier alpha value is -2.27. The zero-order valence-electron chi connectivity index (χ0n) is 16.8. The first-order valence-corrected chi connectivity index (χ1v) is 9.61. The summed E-state index contributed by atoms with van der Waals surface area (Å²) in [5, 5.41) is 2.44. The molecule has 5 nitrogen and oxygen atoms in total. The Balaban J connectivity index is 1.50. The van der Waals surface area contributed by atoms with E-state index in [9.17, 15) is 4.79 Å². The molecule has 0 bridgehead atoms. The van der Waals surface area contributed by atoms with Gasteiger partial charge in [-0.2, -0.15) is 0 Å². The summed E-state index contributed by atoms with van der Waals surface area (Å²) >= 11 is 0. The Bertz CT molecular complexity index is 790. The third-order valence-corrected chi connectivity index (χ3v) is 4.85. The summed E-state index contributed by atoms with van der Waals surface area (Å²) in [4.78, 5) is 16.4. The molecule has 1 heterocycles. The minimum absolute atomic E-state index is 0.202. The van der Waals surface area contributed by atoms with Crippen LogP contribution in [0.4, 0.5) is 4.79 Å². The first-order valence-electron chi connectivity index (χ1n) is 9.61. The lowest BCUT2D eigenvalue weighted by molar-refractivity contribution is 0.0146. The largest absolute Gasteiger partial charge is 0.497 e. The number of rotatable bonds is 4. The van der Waals surface area contributed by atoms with Crippen LogP contribution < -0.4 is 4.74 Å². The van der Waals surface area contributed by atoms with Crippen molar-refractivity contribution < 1.29 is 14.3 Å². The van der Waals surface area contributed by atoms with E-state index in [1.807, 2.05) is 31.7 Å². The molecule has 0 radical (unpaired) electrons. The van der Waals surface area contributed by atoms with Crippen LogP contribution in [0, 0.1) is 0 Å². The maximum atomic E-state index is 12.1. The van der Waals surface area contributed by atoms with Crippen molar-refractivity contribution in [3.63, 3.8) is 0 Å². The molecule has 27 heavy (non-hydrogen) atoms. The Labute approximate surface area is 161 Å². The second-order valence-electron chi connectivity index (χ2n) is 8.11. The fourth-order valence-corrected chi connectivity index (χ4v) is 3.32. The van der Waals surface area contributed by atoms with E-state index < -0.39 is 5.60 Å². The van der Waals surface area contributed by atoms with Gasteiger partial charge in [-0.25, -0.2) is 4.79 Å². The van der Waals surface area contributed by atoms with Crippen LogP contribution in [-0.4, -0.2) is 61.3 Å². The highest BCUT2D eigenvalue weighted by Gasteiger charge is 2.25. The topological polar surface area (TPSA) is 42.0 Å². The number of carbonyl (C=O) groups excluding carboxylic acids is 1. The summed E-state index contributed by atoms with van der Waals surface area (Å²) in [7, 11) is 1.69. The molecule has 3 rings (SSSR count). The number of methoxy groups -OCH3 is 1. The molecule has 0 unspecified atom stereocenters. The van der Waals surface area contributed by atoms with Gasteiger partial charge in [0, 0.05) is 32.7 Å². The molecule has 2 aromatic rings. The second-order valence-corrected chi connectivity index (χ2v) is 8.11. The van der Waals surface area contributed by atoms with Crippen molar-refractivity contribution in [2.24, 2.45) is 0 Å². The van der Waals surface area contributed by atoms with Gasteiger partial charge >= 0.3 is 6.09 Å². The van der Waals surface area contributed by atoms with E-state index in [1.165, 1.54) is 16.3 Å². The van der Waals surface area contributed by atoms with Crippen molar-refractivity contribution in [3.05, 3.63) is 42.0 Å². The summed E-state index contributed by atoms with van der Waals surface area (Å²) in [5.74, 6) is 0.887. The van der Waals surface area contributed by atoms with Gasteiger partial charge in [0.05, 0.1) is 7.11 Å². The van der Waals surface area contributed by atoms with E-state index in [0.717, 1.165) is 44.9 Å². The van der Waals surface area contributed by atoms with Gasteiger partial charge in [-0.3, -0.25) is 4.90 Å². The summed E-state index contributed by atoms with van der Waals surface area (Å²) in [6.45, 7) is 9.96. The van der Waals surface area contributed by atoms with Gasteiger partial charge in [-0.1, -0.05) is 24.3 Å². The van der Waals surface area contributed by atoms with Gasteiger partial charge < -0.3 is 14.4 Å². The zero-order valence-corrected chi connectivity index (χ0v) is 16.8. The van der Waals surface area contributed by atoms with Crippen molar-refractivity contribution in [1.82, 2.24) is 9.80 Å². The lowest BCUT2D eigenvalue weighted by Crippen LogP contribution is -2.50. The molecule has 2 aromatic carbocycles. The highest BCUT2D eigenvalue weighted by molar-refractivity contribution is 5.84. The van der Waals surface area contributed by atoms with Crippen molar-refractivity contribution in [1.29, 1.82) is 0 Å². The van der Waals surface area contributed by atoms with Gasteiger partial charge in [-0.05, 0) is 55.7 Å². The normalized spacial score (nSPS) is 15.8. The first kappa shape index (κ1) is 19.5. The highest BCUT2D eigenvalue weighted by Crippen LogP contribution is 2.22. The molecule has 146 valence electrons. The molecular weight excluding hydrogens is 340 g/mol. The Morgan fingerprint density at radius 1 is 1.00 bits per heavy atom. The van der Waals surface area contributed by atoms with Crippen LogP contribution in [0.5, 0.6) is 5.75 Å². The minimum Gasteiger partial charge on any atom is -0.497 e. The smallest absolute Gasteiger partial charge is 0.410 e. The number of ether oxygens (including phenoxy) is 2. The number of nitrogens with zero attached hydrogens (tertiary/aromatic N) is 2. The molecule has 1 fully saturated rings. The van der Waals surface area contributed by atoms with Crippen LogP contribution in [0.3, 0.4) is 0 Å². The molecule has 0 spiro atoms. The maximum Gasteiger partial charge on any atom is 0.410 e. The molecule has 1 amide bonds. The monoisotopic (exact) mass is 370 g/mol. The van der Waals surface area contributed by atoms with Crippen molar-refractivity contribution >= 4 is 16.9 Å². The Kier molecular flexibility index (Phi) is 5.90. The molecule has 0 aromatic heterocycles. The summed E-state index contributed by atoms with van der Waals surface area (Å²) in [6.07, 6.45) is 0.807. The Morgan fingerprint density at radius 3 is 2.33 bits per heavy atom. The van der Waals surface area contributed by atoms with E-state index >= 15 is 0 Å². The van der Waals surface area contributed by atoms with Crippen molar-refractivity contribution in [3.8, 4) is 5.75 Å². The number of carbonyl (C=O) groups is 1. The number of benzene rings is 2. The number of piperazine rings is 1. The third-order valence-electron chi connectivity index (χ3n) is 4.85. The minimum atomic E-state index is -0.436. The quantitative estimate of drug-likeness (QED) is 0.817. The van der Waals surface area contributed by atoms with Gasteiger partial charge in [0.2, 0.25) is 0 Å². The van der Waals surface area contributed by atoms with Gasteiger partial charge in [0.15, 0.2) is 0 Å². The van der Waals surface area contributed by atoms with Crippen LogP contribution >= 0.6 is 0 Å². The summed E-state index contributed by atoms with van der Waals surface area (Å²) in [5.41, 5.74) is 0.899.